The summed E-state index contributed by atoms with van der Waals surface area (Å²) in [5, 5.41) is 6.50. The SMILES string of the molecule is Brc1ccc(NC2=NC3(CCc4ccccc43)COC2)c(Br)c1.Brc1ccc2nc3n(c2c1)C1(CCc2ccccc21)COC3.O=C1COCC2(CCc3ccccc32)N1. The molecule has 9 nitrogen and oxygen atoms in total. The van der Waals surface area contributed by atoms with E-state index in [0.29, 0.717) is 26.4 Å². The van der Waals surface area contributed by atoms with Gasteiger partial charge in [-0.1, -0.05) is 105 Å². The van der Waals surface area contributed by atoms with Gasteiger partial charge in [0.15, 0.2) is 0 Å². The number of rotatable bonds is 1. The maximum Gasteiger partial charge on any atom is 0.246 e. The number of ether oxygens (including phenoxy) is 3. The molecule has 3 aliphatic heterocycles. The fourth-order valence-corrected chi connectivity index (χ4v) is 11.6. The van der Waals surface area contributed by atoms with Gasteiger partial charge in [0.25, 0.3) is 0 Å². The second kappa shape index (κ2) is 16.3. The highest BCUT2D eigenvalue weighted by atomic mass is 79.9. The molecular weight excluding hydrogens is 950 g/mol. The Morgan fingerprint density at radius 2 is 1.30 bits per heavy atom. The molecule has 3 unspecified atom stereocenters. The molecule has 12 rings (SSSR count). The summed E-state index contributed by atoms with van der Waals surface area (Å²) >= 11 is 10.7. The maximum absolute atomic E-state index is 11.4. The molecule has 3 atom stereocenters. The highest BCUT2D eigenvalue weighted by Crippen LogP contribution is 2.46. The summed E-state index contributed by atoms with van der Waals surface area (Å²) in [6, 6.07) is 38.0. The molecular formula is C48H44Br3N5O4. The Morgan fingerprint density at radius 1 is 0.650 bits per heavy atom. The summed E-state index contributed by atoms with van der Waals surface area (Å²) in [6.45, 7) is 3.31. The number of aromatic nitrogens is 2. The number of fused-ring (bicyclic) bond motifs is 10. The van der Waals surface area contributed by atoms with E-state index in [4.69, 9.17) is 24.2 Å². The van der Waals surface area contributed by atoms with Crippen molar-refractivity contribution in [3.8, 4) is 0 Å². The maximum atomic E-state index is 11.4. The van der Waals surface area contributed by atoms with Crippen molar-refractivity contribution in [2.75, 3.05) is 38.4 Å². The van der Waals surface area contributed by atoms with E-state index < -0.39 is 0 Å². The van der Waals surface area contributed by atoms with Gasteiger partial charge in [0.1, 0.15) is 37.0 Å². The summed E-state index contributed by atoms with van der Waals surface area (Å²) in [4.78, 5) is 21.3. The van der Waals surface area contributed by atoms with E-state index in [-0.39, 0.29) is 29.1 Å². The van der Waals surface area contributed by atoms with E-state index in [9.17, 15) is 4.79 Å². The predicted octanol–water partition coefficient (Wildman–Crippen LogP) is 9.89. The molecule has 5 aromatic carbocycles. The molecule has 0 bridgehead atoms. The number of hydrogen-bond donors (Lipinski definition) is 2. The van der Waals surface area contributed by atoms with E-state index in [0.717, 1.165) is 81.4 Å². The Morgan fingerprint density at radius 3 is 2.10 bits per heavy atom. The number of carbonyl (C=O) groups excluding carboxylic acids is 1. The lowest BCUT2D eigenvalue weighted by Crippen LogP contribution is -2.53. The van der Waals surface area contributed by atoms with Gasteiger partial charge < -0.3 is 29.4 Å². The highest BCUT2D eigenvalue weighted by molar-refractivity contribution is 9.11. The second-order valence-electron chi connectivity index (χ2n) is 16.4. The van der Waals surface area contributed by atoms with Crippen molar-refractivity contribution in [2.45, 2.75) is 61.7 Å². The molecule has 0 radical (unpaired) electrons. The van der Waals surface area contributed by atoms with E-state index in [1.807, 2.05) is 30.3 Å². The number of morpholine rings is 1. The third-order valence-corrected chi connectivity index (χ3v) is 14.4. The minimum atomic E-state index is -0.244. The Labute approximate surface area is 374 Å². The van der Waals surface area contributed by atoms with Crippen LogP contribution in [0.2, 0.25) is 0 Å². The number of aryl methyl sites for hydroxylation is 3. The van der Waals surface area contributed by atoms with Gasteiger partial charge in [-0.3, -0.25) is 9.79 Å². The van der Waals surface area contributed by atoms with Gasteiger partial charge in [0.05, 0.1) is 47.6 Å². The Bertz CT molecular complexity index is 2660. The van der Waals surface area contributed by atoms with Crippen LogP contribution >= 0.6 is 47.8 Å². The number of amidine groups is 1. The number of halogens is 3. The van der Waals surface area contributed by atoms with E-state index in [1.165, 1.54) is 38.9 Å². The summed E-state index contributed by atoms with van der Waals surface area (Å²) in [6.07, 6.45) is 6.25. The molecule has 3 spiro atoms. The minimum Gasteiger partial charge on any atom is -0.371 e. The molecule has 6 aromatic rings. The van der Waals surface area contributed by atoms with Gasteiger partial charge in [-0.05, 0) is 124 Å². The Kier molecular flexibility index (Phi) is 10.8. The number of anilines is 1. The molecule has 60 heavy (non-hydrogen) atoms. The van der Waals surface area contributed by atoms with E-state index in [2.05, 4.69) is 142 Å². The van der Waals surface area contributed by atoms with Crippen molar-refractivity contribution in [1.29, 1.82) is 0 Å². The first-order valence-corrected chi connectivity index (χ1v) is 22.9. The summed E-state index contributed by atoms with van der Waals surface area (Å²) in [7, 11) is 0. The third-order valence-electron chi connectivity index (χ3n) is 12.8. The van der Waals surface area contributed by atoms with Crippen molar-refractivity contribution >= 4 is 76.3 Å². The van der Waals surface area contributed by atoms with Crippen molar-refractivity contribution < 1.29 is 19.0 Å². The van der Waals surface area contributed by atoms with Crippen LogP contribution in [0.3, 0.4) is 0 Å². The van der Waals surface area contributed by atoms with Gasteiger partial charge in [-0.25, -0.2) is 4.98 Å². The molecule has 1 amide bonds. The lowest BCUT2D eigenvalue weighted by Gasteiger charge is -2.37. The number of nitrogens with one attached hydrogen (secondary N) is 2. The zero-order valence-corrected chi connectivity index (χ0v) is 37.7. The average Bonchev–Trinajstić information content (AvgIpc) is 4.02. The van der Waals surface area contributed by atoms with Gasteiger partial charge in [-0.2, -0.15) is 0 Å². The lowest BCUT2D eigenvalue weighted by molar-refractivity contribution is -0.135. The first-order valence-electron chi connectivity index (χ1n) is 20.5. The van der Waals surface area contributed by atoms with Crippen LogP contribution in [0.5, 0.6) is 0 Å². The molecule has 1 aromatic heterocycles. The topological polar surface area (TPSA) is 99.0 Å². The number of nitrogens with zero attached hydrogens (tertiary/aromatic N) is 3. The molecule has 306 valence electrons. The standard InChI is InChI=1S/C18H16Br2N2O.C18H15BrN2O.C12H13NO2/c19-13-5-6-16(15(20)9-13)21-17-10-23-11-18(22-17)8-7-12-3-1-2-4-14(12)18;19-13-5-6-15-16(9-13)21-17(20-15)10-22-11-18(21)8-7-12-3-1-2-4-14(12)18;14-11-7-15-8-12(13-11)6-5-9-3-1-2-4-10(9)12/h1-6,9H,7-8,10-11H2,(H,21,22);1-6,9H,7-8,10-11H2;1-4H,5-8H2,(H,13,14). The monoisotopic (exact) mass is 991 g/mol. The molecule has 2 N–H and O–H groups in total. The summed E-state index contributed by atoms with van der Waals surface area (Å²) < 4.78 is 22.8. The highest BCUT2D eigenvalue weighted by Gasteiger charge is 2.46. The van der Waals surface area contributed by atoms with Crippen LogP contribution in [-0.2, 0) is 61.5 Å². The number of amides is 1. The largest absolute Gasteiger partial charge is 0.371 e. The molecule has 6 aliphatic rings. The normalized spacial score (nSPS) is 24.4. The molecule has 1 fully saturated rings. The van der Waals surface area contributed by atoms with Crippen molar-refractivity contribution in [3.63, 3.8) is 0 Å². The van der Waals surface area contributed by atoms with Crippen molar-refractivity contribution in [2.24, 2.45) is 4.99 Å². The molecule has 3 aliphatic carbocycles. The second-order valence-corrected chi connectivity index (χ2v) is 19.1. The summed E-state index contributed by atoms with van der Waals surface area (Å²) in [5.74, 6) is 1.92. The number of imidazole rings is 1. The Hall–Kier alpha value is -4.17. The zero-order chi connectivity index (χ0) is 40.9. The number of benzene rings is 5. The third kappa shape index (κ3) is 7.26. The quantitative estimate of drug-likeness (QED) is 0.170. The van der Waals surface area contributed by atoms with Crippen LogP contribution in [0.25, 0.3) is 11.0 Å². The van der Waals surface area contributed by atoms with Crippen LogP contribution in [-0.4, -0.2) is 54.3 Å². The lowest BCUT2D eigenvalue weighted by atomic mass is 9.91. The fourth-order valence-electron chi connectivity index (χ4n) is 10.1. The number of carbonyl (C=O) groups is 1. The van der Waals surface area contributed by atoms with Crippen molar-refractivity contribution in [1.82, 2.24) is 14.9 Å². The van der Waals surface area contributed by atoms with Crippen molar-refractivity contribution in [3.05, 3.63) is 162 Å². The zero-order valence-electron chi connectivity index (χ0n) is 33.0. The number of hydrogen-bond acceptors (Lipinski definition) is 7. The molecule has 0 saturated carbocycles. The average molecular weight is 995 g/mol. The minimum absolute atomic E-state index is 0.00190. The van der Waals surface area contributed by atoms with Gasteiger partial charge >= 0.3 is 0 Å². The van der Waals surface area contributed by atoms with Crippen LogP contribution in [0.1, 0.15) is 58.5 Å². The summed E-state index contributed by atoms with van der Waals surface area (Å²) in [5.41, 5.74) is 10.8. The van der Waals surface area contributed by atoms with Gasteiger partial charge in [0.2, 0.25) is 5.91 Å². The van der Waals surface area contributed by atoms with Gasteiger partial charge in [-0.15, -0.1) is 0 Å². The first kappa shape index (κ1) is 39.9. The Balaban J connectivity index is 0.000000111. The van der Waals surface area contributed by atoms with Gasteiger partial charge in [0, 0.05) is 13.4 Å². The molecule has 12 heteroatoms. The fraction of sp³-hybridized carbons (Fsp3) is 0.312. The predicted molar refractivity (Wildman–Crippen MR) is 244 cm³/mol. The van der Waals surface area contributed by atoms with Crippen LogP contribution in [0.15, 0.2) is 128 Å². The van der Waals surface area contributed by atoms with Crippen LogP contribution in [0.4, 0.5) is 5.69 Å². The molecule has 4 heterocycles. The van der Waals surface area contributed by atoms with E-state index in [1.54, 1.807) is 0 Å². The van der Waals surface area contributed by atoms with Crippen LogP contribution in [0, 0.1) is 0 Å². The molecule has 1 saturated heterocycles. The number of aliphatic imine (C=N–C) groups is 1. The first-order chi connectivity index (χ1) is 29.2. The smallest absolute Gasteiger partial charge is 0.246 e. The van der Waals surface area contributed by atoms with E-state index >= 15 is 0 Å². The van der Waals surface area contributed by atoms with Crippen LogP contribution < -0.4 is 10.6 Å².